The molecular weight excluding hydrogens is 471 g/mol. The lowest BCUT2D eigenvalue weighted by molar-refractivity contribution is 0.119. The molecule has 4 rings (SSSR count). The fourth-order valence-corrected chi connectivity index (χ4v) is 4.33. The molecule has 0 amide bonds. The highest BCUT2D eigenvalue weighted by Crippen LogP contribution is 2.27. The summed E-state index contributed by atoms with van der Waals surface area (Å²) in [5, 5.41) is 4.72. The van der Waals surface area contributed by atoms with Gasteiger partial charge in [0.2, 0.25) is 0 Å². The van der Waals surface area contributed by atoms with Crippen LogP contribution in [0.15, 0.2) is 64.7 Å². The van der Waals surface area contributed by atoms with Crippen molar-refractivity contribution >= 4 is 28.9 Å². The Labute approximate surface area is 199 Å². The van der Waals surface area contributed by atoms with Gasteiger partial charge in [-0.1, -0.05) is 34.4 Å². The van der Waals surface area contributed by atoms with E-state index in [1.54, 1.807) is 18.2 Å². The second-order valence-corrected chi connectivity index (χ2v) is 8.46. The Hall–Kier alpha value is -2.74. The zero-order chi connectivity index (χ0) is 23.4. The van der Waals surface area contributed by atoms with Crippen LogP contribution < -0.4 is 5.56 Å². The van der Waals surface area contributed by atoms with E-state index in [1.807, 2.05) is 0 Å². The van der Waals surface area contributed by atoms with Crippen LogP contribution in [-0.2, 0) is 4.84 Å². The molecule has 1 aliphatic heterocycles. The Kier molecular flexibility index (Phi) is 7.42. The van der Waals surface area contributed by atoms with Gasteiger partial charge in [0.1, 0.15) is 24.0 Å². The summed E-state index contributed by atoms with van der Waals surface area (Å²) < 4.78 is 29.5. The van der Waals surface area contributed by atoms with Crippen molar-refractivity contribution in [2.45, 2.75) is 12.8 Å². The summed E-state index contributed by atoms with van der Waals surface area (Å²) in [6.07, 6.45) is 3.77. The fourth-order valence-electron chi connectivity index (χ4n) is 3.75. The Balaban J connectivity index is 1.73. The number of para-hydroxylation sites is 1. The van der Waals surface area contributed by atoms with E-state index < -0.39 is 11.6 Å². The number of oxime groups is 1. The number of benzene rings is 2. The van der Waals surface area contributed by atoms with Crippen molar-refractivity contribution in [2.24, 2.45) is 5.16 Å². The molecule has 1 aromatic heterocycles. The van der Waals surface area contributed by atoms with Crippen molar-refractivity contribution < 1.29 is 13.6 Å². The standard InChI is InChI=1S/C24H21Cl2F2N3O2/c25-19-4-3-5-20(26)24(19)31-15-16(6-9-22(31)32)23(18-8-7-17(27)14-21(18)28)29-33-13-12-30-10-1-2-11-30/h3-9,14-15H,1-2,10-13H2. The molecule has 0 atom stereocenters. The number of rotatable bonds is 7. The van der Waals surface area contributed by atoms with Crippen LogP contribution in [0.25, 0.3) is 5.69 Å². The molecule has 9 heteroatoms. The Morgan fingerprint density at radius 3 is 2.45 bits per heavy atom. The minimum atomic E-state index is -0.801. The van der Waals surface area contributed by atoms with Crippen molar-refractivity contribution in [1.82, 2.24) is 9.47 Å². The molecule has 0 bridgehead atoms. The average Bonchev–Trinajstić information content (AvgIpc) is 3.29. The number of aromatic nitrogens is 1. The first kappa shape index (κ1) is 23.4. The second-order valence-electron chi connectivity index (χ2n) is 7.64. The predicted octanol–water partition coefficient (Wildman–Crippen LogP) is 5.29. The largest absolute Gasteiger partial charge is 0.394 e. The third-order valence-corrected chi connectivity index (χ3v) is 6.01. The summed E-state index contributed by atoms with van der Waals surface area (Å²) in [5.41, 5.74) is 0.431. The molecule has 1 saturated heterocycles. The lowest BCUT2D eigenvalue weighted by Crippen LogP contribution is -2.24. The van der Waals surface area contributed by atoms with Gasteiger partial charge in [-0.2, -0.15) is 0 Å². The van der Waals surface area contributed by atoms with E-state index in [1.165, 1.54) is 29.0 Å². The van der Waals surface area contributed by atoms with Crippen LogP contribution in [-0.4, -0.2) is 41.4 Å². The molecule has 3 aromatic rings. The Morgan fingerprint density at radius 2 is 1.76 bits per heavy atom. The van der Waals surface area contributed by atoms with Gasteiger partial charge >= 0.3 is 0 Å². The van der Waals surface area contributed by atoms with Gasteiger partial charge in [-0.15, -0.1) is 0 Å². The number of likely N-dealkylation sites (tertiary alicyclic amines) is 1. The average molecular weight is 492 g/mol. The minimum Gasteiger partial charge on any atom is -0.394 e. The third kappa shape index (κ3) is 5.43. The normalized spacial score (nSPS) is 14.6. The fraction of sp³-hybridized carbons (Fsp3) is 0.250. The molecule has 2 heterocycles. The van der Waals surface area contributed by atoms with Crippen LogP contribution in [0.3, 0.4) is 0 Å². The molecule has 0 radical (unpaired) electrons. The van der Waals surface area contributed by atoms with E-state index in [0.717, 1.165) is 38.1 Å². The number of hydrogen-bond acceptors (Lipinski definition) is 4. The van der Waals surface area contributed by atoms with Crippen molar-refractivity contribution in [3.05, 3.63) is 97.9 Å². The van der Waals surface area contributed by atoms with E-state index in [2.05, 4.69) is 10.1 Å². The Bertz CT molecular complexity index is 1220. The van der Waals surface area contributed by atoms with Crippen LogP contribution in [0.5, 0.6) is 0 Å². The van der Waals surface area contributed by atoms with Gasteiger partial charge in [-0.25, -0.2) is 8.78 Å². The number of pyridine rings is 1. The van der Waals surface area contributed by atoms with E-state index in [9.17, 15) is 13.6 Å². The molecule has 0 spiro atoms. The molecule has 0 N–H and O–H groups in total. The van der Waals surface area contributed by atoms with Gasteiger partial charge in [0.15, 0.2) is 0 Å². The zero-order valence-corrected chi connectivity index (χ0v) is 19.1. The third-order valence-electron chi connectivity index (χ3n) is 5.40. The van der Waals surface area contributed by atoms with E-state index in [0.29, 0.717) is 24.4 Å². The predicted molar refractivity (Wildman–Crippen MR) is 126 cm³/mol. The molecule has 172 valence electrons. The molecule has 0 saturated carbocycles. The molecule has 0 aliphatic carbocycles. The highest BCUT2D eigenvalue weighted by molar-refractivity contribution is 6.37. The highest BCUT2D eigenvalue weighted by Gasteiger charge is 2.18. The van der Waals surface area contributed by atoms with Gasteiger partial charge in [0, 0.05) is 36.0 Å². The summed E-state index contributed by atoms with van der Waals surface area (Å²) in [6, 6.07) is 10.9. The lowest BCUT2D eigenvalue weighted by atomic mass is 10.0. The van der Waals surface area contributed by atoms with Gasteiger partial charge < -0.3 is 4.84 Å². The maximum Gasteiger partial charge on any atom is 0.255 e. The topological polar surface area (TPSA) is 46.8 Å². The van der Waals surface area contributed by atoms with E-state index >= 15 is 0 Å². The molecule has 1 fully saturated rings. The number of halogens is 4. The quantitative estimate of drug-likeness (QED) is 0.256. The molecule has 2 aromatic carbocycles. The first-order valence-corrected chi connectivity index (χ1v) is 11.2. The molecule has 33 heavy (non-hydrogen) atoms. The maximum atomic E-state index is 14.7. The summed E-state index contributed by atoms with van der Waals surface area (Å²) in [6.45, 7) is 3.02. The molecular formula is C24H21Cl2F2N3O2. The van der Waals surface area contributed by atoms with Crippen molar-refractivity contribution in [1.29, 1.82) is 0 Å². The lowest BCUT2D eigenvalue weighted by Gasteiger charge is -2.15. The van der Waals surface area contributed by atoms with Crippen LogP contribution in [0.4, 0.5) is 8.78 Å². The van der Waals surface area contributed by atoms with Crippen LogP contribution in [0, 0.1) is 11.6 Å². The van der Waals surface area contributed by atoms with Gasteiger partial charge in [-0.05, 0) is 56.3 Å². The van der Waals surface area contributed by atoms with Crippen molar-refractivity contribution in [3.8, 4) is 5.69 Å². The smallest absolute Gasteiger partial charge is 0.255 e. The minimum absolute atomic E-state index is 0.0352. The van der Waals surface area contributed by atoms with Gasteiger partial charge in [0.05, 0.1) is 15.7 Å². The molecule has 1 aliphatic rings. The maximum absolute atomic E-state index is 14.7. The van der Waals surface area contributed by atoms with Gasteiger partial charge in [0.25, 0.3) is 5.56 Å². The monoisotopic (exact) mass is 491 g/mol. The SMILES string of the molecule is O=c1ccc(C(=NOCCN2CCCC2)c2ccc(F)cc2F)cn1-c1c(Cl)cccc1Cl. The number of nitrogens with zero attached hydrogens (tertiary/aromatic N) is 3. The van der Waals surface area contributed by atoms with E-state index in [4.69, 9.17) is 28.0 Å². The van der Waals surface area contributed by atoms with Crippen LogP contribution >= 0.6 is 23.2 Å². The summed E-state index contributed by atoms with van der Waals surface area (Å²) in [7, 11) is 0. The second kappa shape index (κ2) is 10.5. The van der Waals surface area contributed by atoms with Crippen LogP contribution in [0.2, 0.25) is 10.0 Å². The number of hydrogen-bond donors (Lipinski definition) is 0. The molecule has 5 nitrogen and oxygen atoms in total. The summed E-state index contributed by atoms with van der Waals surface area (Å²) in [5.74, 6) is -1.51. The van der Waals surface area contributed by atoms with Crippen molar-refractivity contribution in [2.75, 3.05) is 26.2 Å². The van der Waals surface area contributed by atoms with Crippen molar-refractivity contribution in [3.63, 3.8) is 0 Å². The Morgan fingerprint density at radius 1 is 1.03 bits per heavy atom. The highest BCUT2D eigenvalue weighted by atomic mass is 35.5. The first-order chi connectivity index (χ1) is 15.9. The van der Waals surface area contributed by atoms with E-state index in [-0.39, 0.29) is 26.9 Å². The summed E-state index contributed by atoms with van der Waals surface area (Å²) >= 11 is 12.6. The zero-order valence-electron chi connectivity index (χ0n) is 17.6. The van der Waals surface area contributed by atoms with Crippen LogP contribution in [0.1, 0.15) is 24.0 Å². The van der Waals surface area contributed by atoms with Gasteiger partial charge in [-0.3, -0.25) is 14.3 Å². The summed E-state index contributed by atoms with van der Waals surface area (Å²) in [4.78, 5) is 20.4. The first-order valence-electron chi connectivity index (χ1n) is 10.5. The molecule has 0 unspecified atom stereocenters.